The summed E-state index contributed by atoms with van der Waals surface area (Å²) < 4.78 is 20.5. The van der Waals surface area contributed by atoms with E-state index in [9.17, 15) is 4.79 Å². The number of fused-ring (bicyclic) bond motifs is 3. The molecule has 1 saturated heterocycles. The van der Waals surface area contributed by atoms with Gasteiger partial charge in [-0.05, 0) is 144 Å². The molecular weight excluding hydrogens is 1140 g/mol. The summed E-state index contributed by atoms with van der Waals surface area (Å²) >= 11 is 3.91. The zero-order valence-corrected chi connectivity index (χ0v) is 51.1. The number of rotatable bonds is 26. The standard InChI is InChI=1S/C60H70IN7O4S3.C3H6/c1-8-12-13-18-52(43(6)9-2)58-63-55-37-45(19-26-56(55)72-58)35-42(5)36-49-22-25-51(40-62-49)71-34-32-66-29-27-65(28-30-66)31-33-70-50-23-20-46(21-24-50)57(44(7)67(10-3)41-73-75-61)74-60-64-54-39-48-17-15-14-16-47(48)38-53(54)59(69)68(60)11-4;1-3-2/h8,12-26,37-40,42,57H,7,9-11,27-36,41H2,1-6H3;3H,1H2,2H3/b12-8-,18-13-,52-43?;. The molecule has 2 unspecified atom stereocenters. The van der Waals surface area contributed by atoms with Gasteiger partial charge in [-0.2, -0.15) is 0 Å². The molecular formula is C63H76IN7O4S3. The minimum atomic E-state index is -0.169. The van der Waals surface area contributed by atoms with Crippen molar-refractivity contribution in [2.75, 3.05) is 64.9 Å². The van der Waals surface area contributed by atoms with Crippen molar-refractivity contribution in [3.05, 3.63) is 185 Å². The number of ether oxygens (including phenoxy) is 2. The number of oxazole rings is 1. The van der Waals surface area contributed by atoms with Gasteiger partial charge in [-0.15, -0.1) is 6.58 Å². The third-order valence-electron chi connectivity index (χ3n) is 13.8. The van der Waals surface area contributed by atoms with E-state index in [1.165, 1.54) is 11.1 Å². The monoisotopic (exact) mass is 1220 g/mol. The predicted molar refractivity (Wildman–Crippen MR) is 341 cm³/mol. The molecule has 11 nitrogen and oxygen atoms in total. The Bertz CT molecular complexity index is 3220. The Morgan fingerprint density at radius 2 is 1.54 bits per heavy atom. The largest absolute Gasteiger partial charge is 0.492 e. The van der Waals surface area contributed by atoms with Crippen molar-refractivity contribution in [3.8, 4) is 11.5 Å². The smallest absolute Gasteiger partial charge is 0.262 e. The molecule has 1 aliphatic rings. The fraction of sp³-hybridized carbons (Fsp3) is 0.365. The molecule has 3 aromatic heterocycles. The van der Waals surface area contributed by atoms with Gasteiger partial charge in [-0.1, -0.05) is 115 Å². The topological polar surface area (TPSA) is 102 Å². The van der Waals surface area contributed by atoms with Crippen LogP contribution in [0.1, 0.15) is 82.8 Å². The molecule has 4 aromatic carbocycles. The Kier molecular flexibility index (Phi) is 23.9. The van der Waals surface area contributed by atoms with Gasteiger partial charge < -0.3 is 18.8 Å². The Hall–Kier alpha value is -5.30. The zero-order valence-electron chi connectivity index (χ0n) is 46.5. The van der Waals surface area contributed by atoms with E-state index in [1.54, 1.807) is 41.2 Å². The first-order valence-corrected chi connectivity index (χ1v) is 32.9. The lowest BCUT2D eigenvalue weighted by Crippen LogP contribution is -2.48. The van der Waals surface area contributed by atoms with Crippen molar-refractivity contribution in [1.82, 2.24) is 34.2 Å². The van der Waals surface area contributed by atoms with Crippen molar-refractivity contribution < 1.29 is 13.9 Å². The van der Waals surface area contributed by atoms with Crippen LogP contribution >= 0.6 is 51.7 Å². The van der Waals surface area contributed by atoms with Crippen LogP contribution in [0.25, 0.3) is 38.3 Å². The van der Waals surface area contributed by atoms with E-state index in [0.29, 0.717) is 47.6 Å². The number of thioether (sulfide) groups is 1. The SMILES string of the molecule is C=C(C(Sc1nc2cc3ccccc3cc2c(=O)n1CC)c1ccc(OCCN2CCN(CCOc3ccc(CC(C)Cc4ccc5oc(C(/C=C\C=C/C)=C(C)CC)nc5c4)nc3)CC2)cc1)N(CC)CSSI.C=CC. The molecule has 7 aromatic rings. The zero-order chi connectivity index (χ0) is 55.4. The van der Waals surface area contributed by atoms with E-state index in [1.807, 2.05) is 81.6 Å². The van der Waals surface area contributed by atoms with Gasteiger partial charge in [0.25, 0.3) is 5.56 Å². The molecule has 2 atom stereocenters. The highest BCUT2D eigenvalue weighted by molar-refractivity contribution is 14.2. The minimum absolute atomic E-state index is 0.0243. The van der Waals surface area contributed by atoms with E-state index in [-0.39, 0.29) is 10.8 Å². The second kappa shape index (κ2) is 30.9. The summed E-state index contributed by atoms with van der Waals surface area (Å²) in [6, 6.07) is 31.0. The molecule has 4 heterocycles. The lowest BCUT2D eigenvalue weighted by Gasteiger charge is -2.34. The molecule has 0 saturated carbocycles. The summed E-state index contributed by atoms with van der Waals surface area (Å²) in [5, 5.41) is 3.25. The molecule has 8 rings (SSSR count). The molecule has 0 bridgehead atoms. The molecule has 0 spiro atoms. The fourth-order valence-corrected chi connectivity index (χ4v) is 12.7. The number of aromatic nitrogens is 4. The van der Waals surface area contributed by atoms with Crippen LogP contribution in [-0.2, 0) is 19.4 Å². The summed E-state index contributed by atoms with van der Waals surface area (Å²) in [5.41, 5.74) is 9.04. The van der Waals surface area contributed by atoms with Crippen molar-refractivity contribution in [2.24, 2.45) is 5.92 Å². The van der Waals surface area contributed by atoms with Crippen LogP contribution in [0, 0.1) is 5.92 Å². The van der Waals surface area contributed by atoms with Gasteiger partial charge in [0.05, 0.1) is 28.2 Å². The maximum atomic E-state index is 14.0. The minimum Gasteiger partial charge on any atom is -0.492 e. The molecule has 1 fully saturated rings. The number of halogens is 1. The molecule has 78 heavy (non-hydrogen) atoms. The summed E-state index contributed by atoms with van der Waals surface area (Å²) in [5.74, 6) is 3.51. The molecule has 0 aliphatic carbocycles. The van der Waals surface area contributed by atoms with Crippen molar-refractivity contribution in [1.29, 1.82) is 0 Å². The van der Waals surface area contributed by atoms with Gasteiger partial charge in [0.15, 0.2) is 10.7 Å². The third-order valence-corrected chi connectivity index (χ3v) is 18.5. The van der Waals surface area contributed by atoms with E-state index < -0.39 is 0 Å². The van der Waals surface area contributed by atoms with E-state index >= 15 is 0 Å². The molecule has 0 radical (unpaired) electrons. The molecule has 15 heteroatoms. The first kappa shape index (κ1) is 60.3. The number of piperazine rings is 1. The maximum Gasteiger partial charge on any atom is 0.262 e. The van der Waals surface area contributed by atoms with Crippen molar-refractivity contribution >= 4 is 90.1 Å². The van der Waals surface area contributed by atoms with Crippen LogP contribution in [0.3, 0.4) is 0 Å². The van der Waals surface area contributed by atoms with Crippen LogP contribution in [0.2, 0.25) is 0 Å². The van der Waals surface area contributed by atoms with Gasteiger partial charge in [0, 0.05) is 90.5 Å². The van der Waals surface area contributed by atoms with Crippen molar-refractivity contribution in [3.63, 3.8) is 0 Å². The van der Waals surface area contributed by atoms with E-state index in [2.05, 4.69) is 137 Å². The lowest BCUT2D eigenvalue weighted by molar-refractivity contribution is 0.105. The average Bonchev–Trinajstić information content (AvgIpc) is 3.91. The van der Waals surface area contributed by atoms with Gasteiger partial charge in [0.1, 0.15) is 30.2 Å². The van der Waals surface area contributed by atoms with Crippen LogP contribution in [0.4, 0.5) is 0 Å². The fourth-order valence-electron chi connectivity index (χ4n) is 9.39. The quantitative estimate of drug-likeness (QED) is 0.00752. The second-order valence-corrected chi connectivity index (χ2v) is 25.4. The summed E-state index contributed by atoms with van der Waals surface area (Å²) in [4.78, 5) is 36.0. The van der Waals surface area contributed by atoms with E-state index in [4.69, 9.17) is 28.8 Å². The predicted octanol–water partition coefficient (Wildman–Crippen LogP) is 15.5. The van der Waals surface area contributed by atoms with Crippen LogP contribution in [-0.4, -0.2) is 99.1 Å². The van der Waals surface area contributed by atoms with Gasteiger partial charge in [-0.25, -0.2) is 9.97 Å². The summed E-state index contributed by atoms with van der Waals surface area (Å²) in [7, 11) is 3.50. The second-order valence-electron chi connectivity index (χ2n) is 19.4. The number of nitrogens with zero attached hydrogens (tertiary/aromatic N) is 7. The Morgan fingerprint density at radius 1 is 0.859 bits per heavy atom. The molecule has 1 aliphatic heterocycles. The first-order chi connectivity index (χ1) is 38.0. The Balaban J connectivity index is 0.00000287. The highest BCUT2D eigenvalue weighted by atomic mass is 127. The van der Waals surface area contributed by atoms with Crippen LogP contribution in [0.5, 0.6) is 11.5 Å². The third kappa shape index (κ3) is 16.6. The number of pyridine rings is 1. The molecule has 0 N–H and O–H groups in total. The summed E-state index contributed by atoms with van der Waals surface area (Å²) in [6.45, 7) is 30.9. The van der Waals surface area contributed by atoms with Gasteiger partial charge in [-0.3, -0.25) is 24.1 Å². The Labute approximate surface area is 486 Å². The highest BCUT2D eigenvalue weighted by Gasteiger charge is 2.25. The highest BCUT2D eigenvalue weighted by Crippen LogP contribution is 2.43. The van der Waals surface area contributed by atoms with Crippen LogP contribution in [0.15, 0.2) is 166 Å². The van der Waals surface area contributed by atoms with Gasteiger partial charge >= 0.3 is 0 Å². The summed E-state index contributed by atoms with van der Waals surface area (Å²) in [6.07, 6.45) is 14.5. The van der Waals surface area contributed by atoms with Crippen molar-refractivity contribution in [2.45, 2.75) is 84.7 Å². The Morgan fingerprint density at radius 3 is 2.17 bits per heavy atom. The maximum absolute atomic E-state index is 14.0. The first-order valence-electron chi connectivity index (χ1n) is 27.1. The van der Waals surface area contributed by atoms with Crippen LogP contribution < -0.4 is 15.0 Å². The number of hydrogen-bond donors (Lipinski definition) is 0. The lowest BCUT2D eigenvalue weighted by atomic mass is 9.96. The number of allylic oxidation sites excluding steroid dienone is 7. The van der Waals surface area contributed by atoms with Gasteiger partial charge in [0.2, 0.25) is 5.89 Å². The number of benzene rings is 4. The molecule has 412 valence electrons. The molecule has 0 amide bonds. The normalized spacial score (nSPS) is 14.4. The average molecular weight is 1220 g/mol. The van der Waals surface area contributed by atoms with E-state index in [0.717, 1.165) is 127 Å². The number of likely N-dealkylation sites (N-methyl/N-ethyl adjacent to an activating group) is 1. The number of hydrogen-bond acceptors (Lipinski definition) is 13.